The van der Waals surface area contributed by atoms with Gasteiger partial charge in [-0.15, -0.1) is 0 Å². The molecule has 5 heteroatoms. The first-order valence-corrected chi connectivity index (χ1v) is 6.48. The Morgan fingerprint density at radius 1 is 1.53 bits per heavy atom. The molecule has 96 valence electrons. The fourth-order valence-corrected chi connectivity index (χ4v) is 2.05. The van der Waals surface area contributed by atoms with Crippen LogP contribution in [0, 0.1) is 5.92 Å². The molecule has 1 aromatic heterocycles. The molecular formula is C12H21N3O2. The van der Waals surface area contributed by atoms with Gasteiger partial charge in [-0.05, 0) is 38.3 Å². The first-order valence-electron chi connectivity index (χ1n) is 6.48. The number of aromatic nitrogens is 2. The Balaban J connectivity index is 1.69. The highest BCUT2D eigenvalue weighted by Crippen LogP contribution is 2.15. The van der Waals surface area contributed by atoms with Gasteiger partial charge in [0.25, 0.3) is 0 Å². The maximum absolute atomic E-state index is 5.37. The number of nitrogens with one attached hydrogen (secondary N) is 1. The quantitative estimate of drug-likeness (QED) is 0.731. The SMILES string of the molecule is CCCOCc1noc(CCC2CCNC2)n1. The summed E-state index contributed by atoms with van der Waals surface area (Å²) in [7, 11) is 0. The molecule has 17 heavy (non-hydrogen) atoms. The summed E-state index contributed by atoms with van der Waals surface area (Å²) in [6.07, 6.45) is 4.29. The Morgan fingerprint density at radius 3 is 3.24 bits per heavy atom. The third-order valence-corrected chi connectivity index (χ3v) is 3.02. The van der Waals surface area contributed by atoms with Gasteiger partial charge >= 0.3 is 0 Å². The second kappa shape index (κ2) is 6.71. The molecule has 0 aromatic carbocycles. The van der Waals surface area contributed by atoms with E-state index in [1.165, 1.54) is 6.42 Å². The lowest BCUT2D eigenvalue weighted by Gasteiger charge is -2.03. The van der Waals surface area contributed by atoms with Crippen LogP contribution in [-0.2, 0) is 17.8 Å². The summed E-state index contributed by atoms with van der Waals surface area (Å²) in [5, 5.41) is 7.27. The van der Waals surface area contributed by atoms with Gasteiger partial charge in [0.05, 0.1) is 0 Å². The minimum Gasteiger partial charge on any atom is -0.373 e. The number of aryl methyl sites for hydroxylation is 1. The van der Waals surface area contributed by atoms with Crippen molar-refractivity contribution < 1.29 is 9.26 Å². The maximum Gasteiger partial charge on any atom is 0.226 e. The van der Waals surface area contributed by atoms with E-state index in [1.807, 2.05) is 0 Å². The van der Waals surface area contributed by atoms with Crippen molar-refractivity contribution in [3.05, 3.63) is 11.7 Å². The second-order valence-electron chi connectivity index (χ2n) is 4.55. The molecule has 1 unspecified atom stereocenters. The molecule has 1 aliphatic heterocycles. The molecule has 1 fully saturated rings. The van der Waals surface area contributed by atoms with Crippen LogP contribution in [0.3, 0.4) is 0 Å². The molecule has 2 rings (SSSR count). The third kappa shape index (κ3) is 4.09. The van der Waals surface area contributed by atoms with E-state index in [-0.39, 0.29) is 0 Å². The van der Waals surface area contributed by atoms with Gasteiger partial charge in [-0.1, -0.05) is 12.1 Å². The second-order valence-corrected chi connectivity index (χ2v) is 4.55. The van der Waals surface area contributed by atoms with Gasteiger partial charge in [0.15, 0.2) is 5.82 Å². The van der Waals surface area contributed by atoms with Gasteiger partial charge in [0.1, 0.15) is 6.61 Å². The van der Waals surface area contributed by atoms with E-state index in [0.717, 1.165) is 50.8 Å². The van der Waals surface area contributed by atoms with Gasteiger partial charge in [0.2, 0.25) is 5.89 Å². The molecule has 1 N–H and O–H groups in total. The van der Waals surface area contributed by atoms with Crippen LogP contribution in [0.15, 0.2) is 4.52 Å². The molecule has 0 amide bonds. The van der Waals surface area contributed by atoms with Crippen molar-refractivity contribution in [1.29, 1.82) is 0 Å². The van der Waals surface area contributed by atoms with Crippen molar-refractivity contribution in [3.8, 4) is 0 Å². The molecule has 0 radical (unpaired) electrons. The lowest BCUT2D eigenvalue weighted by molar-refractivity contribution is 0.114. The molecule has 0 aliphatic carbocycles. The monoisotopic (exact) mass is 239 g/mol. The van der Waals surface area contributed by atoms with Gasteiger partial charge in [-0.2, -0.15) is 4.98 Å². The molecule has 1 saturated heterocycles. The average molecular weight is 239 g/mol. The van der Waals surface area contributed by atoms with Crippen LogP contribution in [0.1, 0.15) is 37.9 Å². The minimum absolute atomic E-state index is 0.461. The van der Waals surface area contributed by atoms with Crippen LogP contribution in [0.4, 0.5) is 0 Å². The van der Waals surface area contributed by atoms with E-state index >= 15 is 0 Å². The molecule has 2 heterocycles. The highest BCUT2D eigenvalue weighted by molar-refractivity contribution is 4.86. The summed E-state index contributed by atoms with van der Waals surface area (Å²) < 4.78 is 10.6. The van der Waals surface area contributed by atoms with Crippen molar-refractivity contribution >= 4 is 0 Å². The molecule has 0 saturated carbocycles. The Morgan fingerprint density at radius 2 is 2.47 bits per heavy atom. The first-order chi connectivity index (χ1) is 8.38. The largest absolute Gasteiger partial charge is 0.373 e. The smallest absolute Gasteiger partial charge is 0.226 e. The van der Waals surface area contributed by atoms with Crippen LogP contribution in [0.2, 0.25) is 0 Å². The Bertz CT molecular complexity index is 321. The van der Waals surface area contributed by atoms with E-state index in [0.29, 0.717) is 12.4 Å². The maximum atomic E-state index is 5.37. The van der Waals surface area contributed by atoms with Gasteiger partial charge in [0, 0.05) is 13.0 Å². The van der Waals surface area contributed by atoms with Crippen molar-refractivity contribution in [2.45, 2.75) is 39.2 Å². The Hall–Kier alpha value is -0.940. The Labute approximate surface area is 102 Å². The molecule has 1 atom stereocenters. The molecule has 1 aliphatic rings. The topological polar surface area (TPSA) is 60.2 Å². The fourth-order valence-electron chi connectivity index (χ4n) is 2.05. The van der Waals surface area contributed by atoms with E-state index in [4.69, 9.17) is 9.26 Å². The highest BCUT2D eigenvalue weighted by Gasteiger charge is 2.15. The van der Waals surface area contributed by atoms with Gasteiger partial charge in [-0.3, -0.25) is 0 Å². The zero-order valence-corrected chi connectivity index (χ0v) is 10.4. The molecular weight excluding hydrogens is 218 g/mol. The third-order valence-electron chi connectivity index (χ3n) is 3.02. The van der Waals surface area contributed by atoms with Gasteiger partial charge < -0.3 is 14.6 Å². The van der Waals surface area contributed by atoms with E-state index in [2.05, 4.69) is 22.4 Å². The standard InChI is InChI=1S/C12H21N3O2/c1-2-7-16-9-11-14-12(17-15-11)4-3-10-5-6-13-8-10/h10,13H,2-9H2,1H3. The predicted octanol–water partition coefficient (Wildman–Crippen LogP) is 1.54. The van der Waals surface area contributed by atoms with Crippen molar-refractivity contribution in [3.63, 3.8) is 0 Å². The van der Waals surface area contributed by atoms with Gasteiger partial charge in [-0.25, -0.2) is 0 Å². The lowest BCUT2D eigenvalue weighted by atomic mass is 10.0. The highest BCUT2D eigenvalue weighted by atomic mass is 16.5. The summed E-state index contributed by atoms with van der Waals surface area (Å²) in [4.78, 5) is 4.32. The predicted molar refractivity (Wildman–Crippen MR) is 63.5 cm³/mol. The van der Waals surface area contributed by atoms with E-state index < -0.39 is 0 Å². The summed E-state index contributed by atoms with van der Waals surface area (Å²) in [6, 6.07) is 0. The molecule has 5 nitrogen and oxygen atoms in total. The van der Waals surface area contributed by atoms with Crippen LogP contribution >= 0.6 is 0 Å². The summed E-state index contributed by atoms with van der Waals surface area (Å²) >= 11 is 0. The van der Waals surface area contributed by atoms with Crippen LogP contribution in [0.25, 0.3) is 0 Å². The lowest BCUT2D eigenvalue weighted by Crippen LogP contribution is -2.09. The van der Waals surface area contributed by atoms with Crippen LogP contribution in [0.5, 0.6) is 0 Å². The van der Waals surface area contributed by atoms with Crippen molar-refractivity contribution in [1.82, 2.24) is 15.5 Å². The number of rotatable bonds is 7. The van der Waals surface area contributed by atoms with Crippen LogP contribution < -0.4 is 5.32 Å². The number of hydrogen-bond donors (Lipinski definition) is 1. The zero-order chi connectivity index (χ0) is 11.9. The van der Waals surface area contributed by atoms with E-state index in [9.17, 15) is 0 Å². The normalized spacial score (nSPS) is 19.9. The zero-order valence-electron chi connectivity index (χ0n) is 10.4. The molecule has 0 bridgehead atoms. The van der Waals surface area contributed by atoms with Crippen molar-refractivity contribution in [2.24, 2.45) is 5.92 Å². The first kappa shape index (κ1) is 12.5. The minimum atomic E-state index is 0.461. The average Bonchev–Trinajstić information content (AvgIpc) is 2.98. The van der Waals surface area contributed by atoms with Crippen molar-refractivity contribution in [2.75, 3.05) is 19.7 Å². The molecule has 1 aromatic rings. The number of nitrogens with zero attached hydrogens (tertiary/aromatic N) is 2. The fraction of sp³-hybridized carbons (Fsp3) is 0.833. The number of hydrogen-bond acceptors (Lipinski definition) is 5. The van der Waals surface area contributed by atoms with E-state index in [1.54, 1.807) is 0 Å². The van der Waals surface area contributed by atoms with Crippen LogP contribution in [-0.4, -0.2) is 29.8 Å². The summed E-state index contributed by atoms with van der Waals surface area (Å²) in [5.41, 5.74) is 0. The summed E-state index contributed by atoms with van der Waals surface area (Å²) in [5.74, 6) is 2.17. The molecule has 0 spiro atoms. The Kier molecular flexibility index (Phi) is 4.94. The number of ether oxygens (including phenoxy) is 1. The summed E-state index contributed by atoms with van der Waals surface area (Å²) in [6.45, 7) is 5.56.